The molecule has 25 heavy (non-hydrogen) atoms. The van der Waals surface area contributed by atoms with E-state index in [1.807, 2.05) is 17.9 Å². The number of carbonyl (C=O) groups is 2. The lowest BCUT2D eigenvalue weighted by Gasteiger charge is -2.34. The predicted molar refractivity (Wildman–Crippen MR) is 90.6 cm³/mol. The smallest absolute Gasteiger partial charge is 0.335 e. The number of hydrogen-bond donors (Lipinski definition) is 1. The van der Waals surface area contributed by atoms with E-state index in [1.165, 1.54) is 6.07 Å². The minimum atomic E-state index is -0.987. The summed E-state index contributed by atoms with van der Waals surface area (Å²) in [5.74, 6) is -0.241. The molecule has 0 atom stereocenters. The third-order valence-corrected chi connectivity index (χ3v) is 4.43. The van der Waals surface area contributed by atoms with E-state index in [0.717, 1.165) is 24.5 Å². The third kappa shape index (κ3) is 3.88. The van der Waals surface area contributed by atoms with Crippen LogP contribution in [-0.2, 0) is 6.54 Å². The zero-order valence-corrected chi connectivity index (χ0v) is 14.4. The maximum Gasteiger partial charge on any atom is 0.335 e. The van der Waals surface area contributed by atoms with Crippen molar-refractivity contribution in [2.45, 2.75) is 20.4 Å². The number of benzene rings is 1. The summed E-state index contributed by atoms with van der Waals surface area (Å²) >= 11 is 0. The molecule has 2 heterocycles. The predicted octanol–water partition coefficient (Wildman–Crippen LogP) is 1.95. The fourth-order valence-corrected chi connectivity index (χ4v) is 3.04. The van der Waals surface area contributed by atoms with Gasteiger partial charge in [-0.15, -0.1) is 0 Å². The number of aryl methyl sites for hydroxylation is 2. The van der Waals surface area contributed by atoms with E-state index in [2.05, 4.69) is 10.1 Å². The molecule has 1 amide bonds. The molecule has 1 aromatic heterocycles. The van der Waals surface area contributed by atoms with Crippen LogP contribution in [0.4, 0.5) is 0 Å². The summed E-state index contributed by atoms with van der Waals surface area (Å²) < 4.78 is 5.08. The van der Waals surface area contributed by atoms with E-state index in [4.69, 9.17) is 9.63 Å². The highest BCUT2D eigenvalue weighted by Crippen LogP contribution is 2.16. The molecule has 7 heteroatoms. The van der Waals surface area contributed by atoms with Gasteiger partial charge in [0.25, 0.3) is 5.91 Å². The first-order valence-corrected chi connectivity index (χ1v) is 8.22. The molecule has 0 unspecified atom stereocenters. The number of rotatable bonds is 4. The van der Waals surface area contributed by atoms with Crippen molar-refractivity contribution >= 4 is 11.9 Å². The average molecular weight is 343 g/mol. The number of carbonyl (C=O) groups excluding carboxylic acids is 1. The summed E-state index contributed by atoms with van der Waals surface area (Å²) in [6.07, 6.45) is 0. The zero-order valence-electron chi connectivity index (χ0n) is 14.4. The van der Waals surface area contributed by atoms with Gasteiger partial charge in [0.15, 0.2) is 0 Å². The molecule has 132 valence electrons. The number of piperazine rings is 1. The zero-order chi connectivity index (χ0) is 18.0. The molecule has 3 rings (SSSR count). The van der Waals surface area contributed by atoms with Crippen molar-refractivity contribution in [3.63, 3.8) is 0 Å². The minimum Gasteiger partial charge on any atom is -0.478 e. The molecule has 1 aliphatic rings. The highest BCUT2D eigenvalue weighted by Gasteiger charge is 2.24. The molecule has 0 bridgehead atoms. The van der Waals surface area contributed by atoms with Gasteiger partial charge in [-0.1, -0.05) is 5.16 Å². The highest BCUT2D eigenvalue weighted by molar-refractivity contribution is 5.97. The first-order valence-electron chi connectivity index (χ1n) is 8.22. The van der Waals surface area contributed by atoms with Crippen LogP contribution in [0.5, 0.6) is 0 Å². The van der Waals surface area contributed by atoms with Gasteiger partial charge >= 0.3 is 5.97 Å². The lowest BCUT2D eigenvalue weighted by Crippen LogP contribution is -2.48. The van der Waals surface area contributed by atoms with Crippen molar-refractivity contribution in [1.29, 1.82) is 0 Å². The molecule has 1 fully saturated rings. The SMILES string of the molecule is Cc1cc(CN2CCN(C(=O)c3ccc(C(=O)O)cc3C)CC2)no1. The van der Waals surface area contributed by atoms with Gasteiger partial charge in [-0.3, -0.25) is 9.69 Å². The number of carboxylic acid groups (broad SMARTS) is 1. The number of aromatic nitrogens is 1. The molecule has 1 N–H and O–H groups in total. The standard InChI is InChI=1S/C18H21N3O4/c1-12-9-14(18(23)24)3-4-16(12)17(22)21-7-5-20(6-8-21)11-15-10-13(2)25-19-15/h3-4,9-10H,5-8,11H2,1-2H3,(H,23,24). The van der Waals surface area contributed by atoms with Gasteiger partial charge in [0.2, 0.25) is 0 Å². The molecule has 0 radical (unpaired) electrons. The van der Waals surface area contributed by atoms with Crippen molar-refractivity contribution in [1.82, 2.24) is 15.0 Å². The van der Waals surface area contributed by atoms with Gasteiger partial charge in [0.1, 0.15) is 5.76 Å². The Kier molecular flexibility index (Phi) is 4.85. The molecule has 1 aromatic carbocycles. The summed E-state index contributed by atoms with van der Waals surface area (Å²) in [5, 5.41) is 13.0. The van der Waals surface area contributed by atoms with Gasteiger partial charge in [-0.05, 0) is 37.6 Å². The first kappa shape index (κ1) is 17.2. The quantitative estimate of drug-likeness (QED) is 0.913. The van der Waals surface area contributed by atoms with E-state index in [1.54, 1.807) is 19.1 Å². The number of nitrogens with zero attached hydrogens (tertiary/aromatic N) is 3. The van der Waals surface area contributed by atoms with Crippen LogP contribution in [0.3, 0.4) is 0 Å². The van der Waals surface area contributed by atoms with E-state index in [-0.39, 0.29) is 11.5 Å². The third-order valence-electron chi connectivity index (χ3n) is 4.43. The van der Waals surface area contributed by atoms with Crippen molar-refractivity contribution in [3.05, 3.63) is 52.4 Å². The van der Waals surface area contributed by atoms with Crippen molar-refractivity contribution in [3.8, 4) is 0 Å². The lowest BCUT2D eigenvalue weighted by molar-refractivity contribution is 0.0622. The number of aromatic carboxylic acids is 1. The fraction of sp³-hybridized carbons (Fsp3) is 0.389. The molecule has 0 saturated carbocycles. The van der Waals surface area contributed by atoms with Gasteiger partial charge in [0.05, 0.1) is 11.3 Å². The summed E-state index contributed by atoms with van der Waals surface area (Å²) in [5.41, 5.74) is 2.34. The summed E-state index contributed by atoms with van der Waals surface area (Å²) in [4.78, 5) is 27.8. The van der Waals surface area contributed by atoms with Crippen LogP contribution in [0.25, 0.3) is 0 Å². The van der Waals surface area contributed by atoms with E-state index in [9.17, 15) is 9.59 Å². The molecule has 7 nitrogen and oxygen atoms in total. The first-order chi connectivity index (χ1) is 11.9. The summed E-state index contributed by atoms with van der Waals surface area (Å²) in [6.45, 7) is 7.15. The van der Waals surface area contributed by atoms with Crippen LogP contribution in [0.1, 0.15) is 37.7 Å². The maximum atomic E-state index is 12.7. The van der Waals surface area contributed by atoms with Gasteiger partial charge < -0.3 is 14.5 Å². The Morgan fingerprint density at radius 2 is 1.88 bits per heavy atom. The van der Waals surface area contributed by atoms with Crippen molar-refractivity contribution < 1.29 is 19.2 Å². The fourth-order valence-electron chi connectivity index (χ4n) is 3.04. The number of carboxylic acids is 1. The van der Waals surface area contributed by atoms with Crippen LogP contribution in [0, 0.1) is 13.8 Å². The monoisotopic (exact) mass is 343 g/mol. The van der Waals surface area contributed by atoms with Crippen molar-refractivity contribution in [2.24, 2.45) is 0 Å². The van der Waals surface area contributed by atoms with E-state index >= 15 is 0 Å². The average Bonchev–Trinajstić information content (AvgIpc) is 2.99. The minimum absolute atomic E-state index is 0.0497. The topological polar surface area (TPSA) is 86.9 Å². The Balaban J connectivity index is 1.60. The molecule has 0 spiro atoms. The van der Waals surface area contributed by atoms with Crippen molar-refractivity contribution in [2.75, 3.05) is 26.2 Å². The second-order valence-corrected chi connectivity index (χ2v) is 6.33. The Bertz CT molecular complexity index is 791. The van der Waals surface area contributed by atoms with Crippen LogP contribution in [-0.4, -0.2) is 58.1 Å². The van der Waals surface area contributed by atoms with E-state index < -0.39 is 5.97 Å². The van der Waals surface area contributed by atoms with Crippen LogP contribution in [0.2, 0.25) is 0 Å². The Hall–Kier alpha value is -2.67. The van der Waals surface area contributed by atoms with Crippen LogP contribution >= 0.6 is 0 Å². The Morgan fingerprint density at radius 1 is 1.16 bits per heavy atom. The Labute approximate surface area is 145 Å². The lowest BCUT2D eigenvalue weighted by atomic mass is 10.0. The molecule has 1 saturated heterocycles. The van der Waals surface area contributed by atoms with Crippen LogP contribution < -0.4 is 0 Å². The Morgan fingerprint density at radius 3 is 2.44 bits per heavy atom. The maximum absolute atomic E-state index is 12.7. The molecule has 1 aliphatic heterocycles. The molecule has 0 aliphatic carbocycles. The summed E-state index contributed by atoms with van der Waals surface area (Å²) in [6, 6.07) is 6.54. The molecular formula is C18H21N3O4. The number of hydrogen-bond acceptors (Lipinski definition) is 5. The number of amides is 1. The summed E-state index contributed by atoms with van der Waals surface area (Å²) in [7, 11) is 0. The van der Waals surface area contributed by atoms with Gasteiger partial charge in [-0.25, -0.2) is 4.79 Å². The second kappa shape index (κ2) is 7.06. The molecular weight excluding hydrogens is 322 g/mol. The van der Waals surface area contributed by atoms with Gasteiger partial charge in [-0.2, -0.15) is 0 Å². The largest absolute Gasteiger partial charge is 0.478 e. The molecule has 2 aromatic rings. The second-order valence-electron chi connectivity index (χ2n) is 6.33. The van der Waals surface area contributed by atoms with E-state index in [0.29, 0.717) is 30.8 Å². The normalized spacial score (nSPS) is 15.4. The highest BCUT2D eigenvalue weighted by atomic mass is 16.5. The van der Waals surface area contributed by atoms with Gasteiger partial charge in [0, 0.05) is 44.4 Å². The van der Waals surface area contributed by atoms with Crippen LogP contribution in [0.15, 0.2) is 28.8 Å².